The van der Waals surface area contributed by atoms with Gasteiger partial charge in [-0.3, -0.25) is 4.84 Å². The zero-order chi connectivity index (χ0) is 12.4. The van der Waals surface area contributed by atoms with E-state index in [0.717, 1.165) is 6.20 Å². The zero-order valence-electron chi connectivity index (χ0n) is 7.28. The van der Waals surface area contributed by atoms with Gasteiger partial charge in [-0.15, -0.1) is 0 Å². The molecular weight excluding hydrogens is 293 g/mol. The van der Waals surface area contributed by atoms with E-state index in [-0.39, 0.29) is 8.68 Å². The van der Waals surface area contributed by atoms with Crippen molar-refractivity contribution in [1.82, 2.24) is 9.87 Å². The van der Waals surface area contributed by atoms with Crippen molar-refractivity contribution in [1.29, 1.82) is 0 Å². The van der Waals surface area contributed by atoms with E-state index in [4.69, 9.17) is 11.6 Å². The monoisotopic (exact) mass is 296 g/mol. The number of nitrogens with zero attached hydrogens (tertiary/aromatic N) is 1. The van der Waals surface area contributed by atoms with Gasteiger partial charge in [0.1, 0.15) is 0 Å². The van der Waals surface area contributed by atoms with E-state index >= 15 is 0 Å². The Hall–Kier alpha value is -0.420. The van der Waals surface area contributed by atoms with Gasteiger partial charge in [0.05, 0.1) is 6.20 Å². The second kappa shape index (κ2) is 4.84. The molecule has 0 aliphatic heterocycles. The van der Waals surface area contributed by atoms with Crippen molar-refractivity contribution in [3.8, 4) is 0 Å². The molecule has 16 heavy (non-hydrogen) atoms. The summed E-state index contributed by atoms with van der Waals surface area (Å²) >= 11 is 5.96. The van der Waals surface area contributed by atoms with Crippen LogP contribution < -0.4 is 4.89 Å². The average molecular weight is 297 g/mol. The molecule has 0 bridgehead atoms. The lowest BCUT2D eigenvalue weighted by Gasteiger charge is -2.07. The Kier molecular flexibility index (Phi) is 4.12. The van der Waals surface area contributed by atoms with Crippen LogP contribution in [0.25, 0.3) is 0 Å². The first-order chi connectivity index (χ1) is 7.21. The van der Waals surface area contributed by atoms with E-state index in [1.54, 1.807) is 0 Å². The molecule has 1 rings (SSSR count). The standard InChI is InChI=1S/C5H4ClF3N2O3S2/c6-4-10-1-3(15-4)16(12,13)11-14-2-5(7,8)9/h1,11H,2H2. The molecule has 0 unspecified atom stereocenters. The fraction of sp³-hybridized carbons (Fsp3) is 0.400. The number of rotatable bonds is 4. The van der Waals surface area contributed by atoms with E-state index in [9.17, 15) is 21.6 Å². The number of thiazole rings is 1. The predicted molar refractivity (Wildman–Crippen MR) is 49.5 cm³/mol. The van der Waals surface area contributed by atoms with Gasteiger partial charge in [-0.05, 0) is 0 Å². The number of alkyl halides is 3. The fourth-order valence-electron chi connectivity index (χ4n) is 0.593. The summed E-state index contributed by atoms with van der Waals surface area (Å²) < 4.78 is 57.0. The minimum Gasteiger partial charge on any atom is -0.277 e. The summed E-state index contributed by atoms with van der Waals surface area (Å²) in [6.45, 7) is -1.72. The maximum atomic E-state index is 11.6. The van der Waals surface area contributed by atoms with Crippen molar-refractivity contribution in [3.63, 3.8) is 0 Å². The lowest BCUT2D eigenvalue weighted by molar-refractivity contribution is -0.181. The van der Waals surface area contributed by atoms with Crippen LogP contribution in [0.4, 0.5) is 13.2 Å². The second-order valence-corrected chi connectivity index (χ2v) is 5.91. The van der Waals surface area contributed by atoms with Gasteiger partial charge in [-0.25, -0.2) is 13.4 Å². The summed E-state index contributed by atoms with van der Waals surface area (Å²) in [5.74, 6) is 0. The minimum atomic E-state index is -4.62. The van der Waals surface area contributed by atoms with E-state index in [1.807, 2.05) is 0 Å². The topological polar surface area (TPSA) is 68.3 Å². The smallest absolute Gasteiger partial charge is 0.277 e. The third-order valence-corrected chi connectivity index (χ3v) is 3.92. The summed E-state index contributed by atoms with van der Waals surface area (Å²) in [5.41, 5.74) is 0. The molecule has 0 spiro atoms. The van der Waals surface area contributed by atoms with Crippen molar-refractivity contribution in [2.24, 2.45) is 0 Å². The van der Waals surface area contributed by atoms with Crippen LogP contribution in [-0.4, -0.2) is 26.2 Å². The summed E-state index contributed by atoms with van der Waals surface area (Å²) in [5, 5.41) is 0. The molecule has 0 saturated carbocycles. The summed E-state index contributed by atoms with van der Waals surface area (Å²) in [6, 6.07) is 0. The lowest BCUT2D eigenvalue weighted by atomic mass is 10.7. The minimum absolute atomic E-state index is 0.0452. The second-order valence-electron chi connectivity index (χ2n) is 2.42. The lowest BCUT2D eigenvalue weighted by Crippen LogP contribution is -2.29. The molecule has 92 valence electrons. The molecule has 0 saturated heterocycles. The van der Waals surface area contributed by atoms with Crippen LogP contribution in [0, 0.1) is 0 Å². The maximum Gasteiger partial charge on any atom is 0.413 e. The van der Waals surface area contributed by atoms with Crippen LogP contribution in [0.2, 0.25) is 4.47 Å². The molecule has 1 heterocycles. The van der Waals surface area contributed by atoms with Gasteiger partial charge in [0, 0.05) is 0 Å². The number of halogens is 4. The Morgan fingerprint density at radius 3 is 2.62 bits per heavy atom. The van der Waals surface area contributed by atoms with Crippen molar-refractivity contribution in [3.05, 3.63) is 10.7 Å². The van der Waals surface area contributed by atoms with Crippen molar-refractivity contribution >= 4 is 33.0 Å². The first kappa shape index (κ1) is 13.6. The highest BCUT2D eigenvalue weighted by atomic mass is 35.5. The van der Waals surface area contributed by atoms with Crippen molar-refractivity contribution in [2.45, 2.75) is 10.4 Å². The molecule has 11 heteroatoms. The Morgan fingerprint density at radius 1 is 1.56 bits per heavy atom. The molecule has 0 aliphatic carbocycles. The Morgan fingerprint density at radius 2 is 2.19 bits per heavy atom. The predicted octanol–water partition coefficient (Wildman–Crippen LogP) is 1.57. The van der Waals surface area contributed by atoms with E-state index in [1.165, 1.54) is 4.89 Å². The highest BCUT2D eigenvalue weighted by molar-refractivity contribution is 7.91. The van der Waals surface area contributed by atoms with E-state index < -0.39 is 22.8 Å². The van der Waals surface area contributed by atoms with Gasteiger partial charge in [0.2, 0.25) is 0 Å². The van der Waals surface area contributed by atoms with Crippen LogP contribution in [0.1, 0.15) is 0 Å². The van der Waals surface area contributed by atoms with Gasteiger partial charge >= 0.3 is 6.18 Å². The number of sulfonamides is 1. The van der Waals surface area contributed by atoms with Gasteiger partial charge in [0.25, 0.3) is 10.0 Å². The van der Waals surface area contributed by atoms with Crippen LogP contribution >= 0.6 is 22.9 Å². The van der Waals surface area contributed by atoms with Crippen molar-refractivity contribution < 1.29 is 26.4 Å². The molecule has 0 radical (unpaired) electrons. The molecule has 1 N–H and O–H groups in total. The molecule has 1 aromatic rings. The third-order valence-electron chi connectivity index (χ3n) is 1.13. The van der Waals surface area contributed by atoms with Gasteiger partial charge in [-0.1, -0.05) is 27.8 Å². The van der Waals surface area contributed by atoms with Gasteiger partial charge in [-0.2, -0.15) is 13.2 Å². The van der Waals surface area contributed by atoms with Crippen molar-refractivity contribution in [2.75, 3.05) is 6.61 Å². The van der Waals surface area contributed by atoms with Crippen LogP contribution in [0.15, 0.2) is 10.4 Å². The Labute approximate surface area is 97.2 Å². The number of aromatic nitrogens is 1. The molecular formula is C5H4ClF3N2O3S2. The first-order valence-corrected chi connectivity index (χ1v) is 6.20. The highest BCUT2D eigenvalue weighted by Crippen LogP contribution is 2.22. The zero-order valence-corrected chi connectivity index (χ0v) is 9.67. The summed E-state index contributed by atoms with van der Waals surface area (Å²) in [4.78, 5) is 8.54. The molecule has 0 atom stereocenters. The quantitative estimate of drug-likeness (QED) is 0.856. The average Bonchev–Trinajstić information content (AvgIpc) is 2.49. The van der Waals surface area contributed by atoms with E-state index in [2.05, 4.69) is 9.82 Å². The van der Waals surface area contributed by atoms with Gasteiger partial charge < -0.3 is 0 Å². The number of nitrogens with one attached hydrogen (secondary N) is 1. The molecule has 0 amide bonds. The van der Waals surface area contributed by atoms with Gasteiger partial charge in [0.15, 0.2) is 15.3 Å². The van der Waals surface area contributed by atoms with Crippen LogP contribution in [0.3, 0.4) is 0 Å². The van der Waals surface area contributed by atoms with Crippen LogP contribution in [0.5, 0.6) is 0 Å². The number of hydrogen-bond acceptors (Lipinski definition) is 5. The number of hydrogen-bond donors (Lipinski definition) is 1. The molecule has 0 aromatic carbocycles. The Balaban J connectivity index is 2.60. The molecule has 0 aliphatic rings. The normalized spacial score (nSPS) is 13.0. The maximum absolute atomic E-state index is 11.6. The summed E-state index contributed by atoms with van der Waals surface area (Å²) in [7, 11) is -4.16. The largest absolute Gasteiger partial charge is 0.413 e. The molecule has 0 fully saturated rings. The van der Waals surface area contributed by atoms with E-state index in [0.29, 0.717) is 11.3 Å². The van der Waals surface area contributed by atoms with Crippen LogP contribution in [-0.2, 0) is 14.9 Å². The fourth-order valence-corrected chi connectivity index (χ4v) is 2.67. The first-order valence-electron chi connectivity index (χ1n) is 3.52. The SMILES string of the molecule is O=S(=O)(NOCC(F)(F)F)c1cnc(Cl)s1. The third kappa shape index (κ3) is 4.22. The molecule has 1 aromatic heterocycles. The summed E-state index contributed by atoms with van der Waals surface area (Å²) in [6.07, 6.45) is -3.71. The Bertz CT molecular complexity index is 458. The highest BCUT2D eigenvalue weighted by Gasteiger charge is 2.29. The molecule has 5 nitrogen and oxygen atoms in total.